The third-order valence-corrected chi connectivity index (χ3v) is 7.35. The van der Waals surface area contributed by atoms with Crippen molar-refractivity contribution in [2.45, 2.75) is 16.3 Å². The van der Waals surface area contributed by atoms with Gasteiger partial charge in [-0.15, -0.1) is 11.3 Å². The number of halogens is 1. The Balaban J connectivity index is 1.28. The summed E-state index contributed by atoms with van der Waals surface area (Å²) in [5.74, 6) is -1.10. The maximum atomic E-state index is 13.9. The number of carbonyl (C=O) groups excluding carboxylic acids is 2. The molecule has 0 saturated heterocycles. The number of aromatic nitrogens is 1. The number of nitrogens with zero attached hydrogens (tertiary/aromatic N) is 2. The lowest BCUT2D eigenvalue weighted by atomic mass is 10.1. The molecular weight excluding hydrogens is 471 g/mol. The zero-order valence-corrected chi connectivity index (χ0v) is 19.1. The van der Waals surface area contributed by atoms with Gasteiger partial charge in [0.05, 0.1) is 23.4 Å². The van der Waals surface area contributed by atoms with Crippen LogP contribution in [0.3, 0.4) is 0 Å². The number of hydrogen-bond donors (Lipinski definition) is 2. The van der Waals surface area contributed by atoms with E-state index < -0.39 is 5.82 Å². The molecule has 0 radical (unpaired) electrons. The highest BCUT2D eigenvalue weighted by atomic mass is 32.2. The van der Waals surface area contributed by atoms with Gasteiger partial charge in [0.1, 0.15) is 16.9 Å². The van der Waals surface area contributed by atoms with Crippen LogP contribution in [0.2, 0.25) is 0 Å². The van der Waals surface area contributed by atoms with E-state index in [-0.39, 0.29) is 23.9 Å². The van der Waals surface area contributed by atoms with Crippen molar-refractivity contribution >= 4 is 40.6 Å². The minimum atomic E-state index is -0.596. The van der Waals surface area contributed by atoms with Crippen LogP contribution in [-0.4, -0.2) is 16.8 Å². The molecular formula is C25H15FN4O2S2. The lowest BCUT2D eigenvalue weighted by Gasteiger charge is -2.09. The smallest absolute Gasteiger partial charge is 0.256 e. The minimum Gasteiger partial charge on any atom is -0.347 e. The number of carbonyl (C=O) groups is 2. The van der Waals surface area contributed by atoms with Crippen LogP contribution in [0, 0.1) is 17.1 Å². The van der Waals surface area contributed by atoms with Crippen LogP contribution < -0.4 is 10.6 Å². The van der Waals surface area contributed by atoms with Crippen molar-refractivity contribution in [2.24, 2.45) is 0 Å². The zero-order chi connectivity index (χ0) is 23.7. The summed E-state index contributed by atoms with van der Waals surface area (Å²) in [5.41, 5.74) is 2.15. The number of amides is 2. The van der Waals surface area contributed by atoms with Gasteiger partial charge < -0.3 is 10.6 Å². The monoisotopic (exact) mass is 486 g/mol. The van der Waals surface area contributed by atoms with Gasteiger partial charge in [-0.1, -0.05) is 30.0 Å². The molecule has 4 aromatic rings. The van der Waals surface area contributed by atoms with Crippen molar-refractivity contribution in [1.82, 2.24) is 10.3 Å². The van der Waals surface area contributed by atoms with E-state index in [4.69, 9.17) is 5.26 Å². The van der Waals surface area contributed by atoms with Gasteiger partial charge in [0.15, 0.2) is 0 Å². The van der Waals surface area contributed by atoms with E-state index in [2.05, 4.69) is 15.6 Å². The molecule has 5 rings (SSSR count). The summed E-state index contributed by atoms with van der Waals surface area (Å²) in [7, 11) is 0. The van der Waals surface area contributed by atoms with Gasteiger partial charge in [0.25, 0.3) is 11.8 Å². The Morgan fingerprint density at radius 1 is 1.12 bits per heavy atom. The number of fused-ring (bicyclic) bond motifs is 2. The van der Waals surface area contributed by atoms with Crippen LogP contribution in [-0.2, 0) is 6.54 Å². The number of nitriles is 1. The molecule has 2 amide bonds. The highest BCUT2D eigenvalue weighted by Gasteiger charge is 2.20. The first-order chi connectivity index (χ1) is 16.5. The number of benzene rings is 3. The SMILES string of the molecule is N#Cc1ccc(-c2ncc(CNC(=O)c3ccc4c(c3)NC(=O)c3ccccc3S4)s2)cc1F. The van der Waals surface area contributed by atoms with E-state index in [1.165, 1.54) is 35.2 Å². The van der Waals surface area contributed by atoms with Gasteiger partial charge >= 0.3 is 0 Å². The lowest BCUT2D eigenvalue weighted by Crippen LogP contribution is -2.22. The molecule has 6 nitrogen and oxygen atoms in total. The molecule has 2 heterocycles. The number of rotatable bonds is 4. The maximum absolute atomic E-state index is 13.9. The quantitative estimate of drug-likeness (QED) is 0.399. The fourth-order valence-corrected chi connectivity index (χ4v) is 5.30. The minimum absolute atomic E-state index is 0.0213. The van der Waals surface area contributed by atoms with Crippen molar-refractivity contribution in [3.05, 3.63) is 94.2 Å². The first kappa shape index (κ1) is 21.8. The number of hydrogen-bond acceptors (Lipinski definition) is 6. The summed E-state index contributed by atoms with van der Waals surface area (Å²) in [6, 6.07) is 18.7. The van der Waals surface area contributed by atoms with E-state index in [0.29, 0.717) is 27.4 Å². The van der Waals surface area contributed by atoms with Crippen molar-refractivity contribution in [3.63, 3.8) is 0 Å². The lowest BCUT2D eigenvalue weighted by molar-refractivity contribution is 0.0949. The van der Waals surface area contributed by atoms with Gasteiger partial charge in [-0.2, -0.15) is 5.26 Å². The summed E-state index contributed by atoms with van der Waals surface area (Å²) in [5, 5.41) is 15.2. The van der Waals surface area contributed by atoms with Crippen molar-refractivity contribution in [1.29, 1.82) is 5.26 Å². The number of nitrogens with one attached hydrogen (secondary N) is 2. The van der Waals surface area contributed by atoms with Crippen LogP contribution in [0.4, 0.5) is 10.1 Å². The molecule has 0 unspecified atom stereocenters. The molecule has 1 aliphatic heterocycles. The van der Waals surface area contributed by atoms with Crippen LogP contribution in [0.5, 0.6) is 0 Å². The Hall–Kier alpha value is -4.00. The van der Waals surface area contributed by atoms with E-state index in [1.54, 1.807) is 36.5 Å². The summed E-state index contributed by atoms with van der Waals surface area (Å²) >= 11 is 2.80. The molecule has 3 aromatic carbocycles. The Morgan fingerprint density at radius 2 is 1.97 bits per heavy atom. The normalized spacial score (nSPS) is 12.1. The third-order valence-electron chi connectivity index (χ3n) is 5.15. The fourth-order valence-electron chi connectivity index (χ4n) is 3.44. The highest BCUT2D eigenvalue weighted by Crippen LogP contribution is 2.39. The summed E-state index contributed by atoms with van der Waals surface area (Å²) < 4.78 is 13.9. The Labute approximate surface area is 202 Å². The molecule has 2 N–H and O–H groups in total. The summed E-state index contributed by atoms with van der Waals surface area (Å²) in [6.45, 7) is 0.249. The van der Waals surface area contributed by atoms with E-state index in [0.717, 1.165) is 14.7 Å². The summed E-state index contributed by atoms with van der Waals surface area (Å²) in [6.07, 6.45) is 1.63. The van der Waals surface area contributed by atoms with Gasteiger partial charge in [-0.05, 0) is 42.5 Å². The predicted octanol–water partition coefficient (Wildman–Crippen LogP) is 5.47. The summed E-state index contributed by atoms with van der Waals surface area (Å²) in [4.78, 5) is 32.1. The van der Waals surface area contributed by atoms with Crippen molar-refractivity contribution in [3.8, 4) is 16.6 Å². The standard InChI is InChI=1S/C25H15FN4O2S2/c26-19-9-15(5-6-16(19)11-27)25-29-13-17(33-25)12-28-23(31)14-7-8-22-20(10-14)30-24(32)18-3-1-2-4-21(18)34-22/h1-10,13H,12H2,(H,28,31)(H,30,32). The largest absolute Gasteiger partial charge is 0.347 e. The molecule has 0 bridgehead atoms. The maximum Gasteiger partial charge on any atom is 0.256 e. The molecule has 0 fully saturated rings. The predicted molar refractivity (Wildman–Crippen MR) is 128 cm³/mol. The van der Waals surface area contributed by atoms with Crippen LogP contribution >= 0.6 is 23.1 Å². The first-order valence-electron chi connectivity index (χ1n) is 10.2. The molecule has 0 atom stereocenters. The second-order valence-electron chi connectivity index (χ2n) is 7.38. The Kier molecular flexibility index (Phi) is 5.84. The van der Waals surface area contributed by atoms with Crippen LogP contribution in [0.25, 0.3) is 10.6 Å². The highest BCUT2D eigenvalue weighted by molar-refractivity contribution is 7.99. The van der Waals surface area contributed by atoms with E-state index in [1.807, 2.05) is 24.3 Å². The molecule has 34 heavy (non-hydrogen) atoms. The molecule has 0 aliphatic carbocycles. The molecule has 0 spiro atoms. The van der Waals surface area contributed by atoms with Gasteiger partial charge in [-0.25, -0.2) is 9.37 Å². The van der Waals surface area contributed by atoms with Crippen molar-refractivity contribution < 1.29 is 14.0 Å². The van der Waals surface area contributed by atoms with Crippen LogP contribution in [0.15, 0.2) is 76.7 Å². The molecule has 1 aliphatic rings. The molecule has 166 valence electrons. The number of thiazole rings is 1. The number of anilines is 1. The Bertz CT molecular complexity index is 1490. The Morgan fingerprint density at radius 3 is 2.79 bits per heavy atom. The average molecular weight is 487 g/mol. The third kappa shape index (κ3) is 4.29. The fraction of sp³-hybridized carbons (Fsp3) is 0.0400. The van der Waals surface area contributed by atoms with Gasteiger partial charge in [0, 0.05) is 32.0 Å². The van der Waals surface area contributed by atoms with Crippen LogP contribution in [0.1, 0.15) is 31.2 Å². The van der Waals surface area contributed by atoms with Gasteiger partial charge in [0.2, 0.25) is 0 Å². The average Bonchev–Trinajstić information content (AvgIpc) is 3.27. The molecule has 9 heteroatoms. The molecule has 0 saturated carbocycles. The second-order valence-corrected chi connectivity index (χ2v) is 9.58. The first-order valence-corrected chi connectivity index (χ1v) is 11.8. The van der Waals surface area contributed by atoms with Gasteiger partial charge in [-0.3, -0.25) is 9.59 Å². The van der Waals surface area contributed by atoms with Crippen molar-refractivity contribution in [2.75, 3.05) is 5.32 Å². The molecule has 1 aromatic heterocycles. The van der Waals surface area contributed by atoms with E-state index >= 15 is 0 Å². The zero-order valence-electron chi connectivity index (χ0n) is 17.5. The second kappa shape index (κ2) is 9.09. The van der Waals surface area contributed by atoms with E-state index in [9.17, 15) is 14.0 Å². The topological polar surface area (TPSA) is 94.9 Å².